The molecule has 3 fully saturated rings. The Kier molecular flexibility index (Phi) is 4.32. The molecule has 1 unspecified atom stereocenters. The average molecular weight is 355 g/mol. The monoisotopic (exact) mass is 355 g/mol. The molecule has 138 valence electrons. The predicted molar refractivity (Wildman–Crippen MR) is 89.6 cm³/mol. The molecular weight excluding hydrogens is 331 g/mol. The third kappa shape index (κ3) is 3.19. The molecule has 7 heteroatoms. The summed E-state index contributed by atoms with van der Waals surface area (Å²) in [5.74, 6) is 1.21. The number of anilines is 1. The zero-order chi connectivity index (χ0) is 17.6. The van der Waals surface area contributed by atoms with E-state index in [1.807, 2.05) is 24.3 Å². The first-order chi connectivity index (χ1) is 12.0. The maximum absolute atomic E-state index is 13.1. The van der Waals surface area contributed by atoms with E-state index in [1.165, 1.54) is 4.90 Å². The van der Waals surface area contributed by atoms with Gasteiger partial charge in [-0.15, -0.1) is 0 Å². The number of para-hydroxylation sites is 2. The first kappa shape index (κ1) is 17.0. The Hall–Kier alpha value is -1.47. The van der Waals surface area contributed by atoms with Gasteiger partial charge < -0.3 is 14.5 Å². The van der Waals surface area contributed by atoms with Crippen LogP contribution >= 0.6 is 0 Å². The minimum atomic E-state index is -4.24. The fourth-order valence-electron chi connectivity index (χ4n) is 4.48. The van der Waals surface area contributed by atoms with Crippen LogP contribution in [0.4, 0.5) is 18.9 Å². The van der Waals surface area contributed by atoms with Gasteiger partial charge in [-0.3, -0.25) is 0 Å². The first-order valence-corrected chi connectivity index (χ1v) is 9.03. The SMILES string of the molecule is CCN(CC(F)(F)F)[C@@H]1Oc2ccccc2N1C1CN2CCC1CC2. The second-order valence-corrected chi connectivity index (χ2v) is 7.20. The molecule has 25 heavy (non-hydrogen) atoms. The molecule has 3 saturated heterocycles. The van der Waals surface area contributed by atoms with Gasteiger partial charge in [-0.25, -0.2) is 4.90 Å². The third-order valence-corrected chi connectivity index (χ3v) is 5.69. The Morgan fingerprint density at radius 1 is 1.20 bits per heavy atom. The quantitative estimate of drug-likeness (QED) is 0.826. The summed E-state index contributed by atoms with van der Waals surface area (Å²) in [5, 5.41) is 0. The van der Waals surface area contributed by atoms with Crippen LogP contribution in [0.5, 0.6) is 5.75 Å². The summed E-state index contributed by atoms with van der Waals surface area (Å²) < 4.78 is 45.2. The number of alkyl halides is 3. The van der Waals surface area contributed by atoms with Crippen LogP contribution in [0, 0.1) is 5.92 Å². The summed E-state index contributed by atoms with van der Waals surface area (Å²) in [4.78, 5) is 5.92. The van der Waals surface area contributed by atoms with E-state index in [-0.39, 0.29) is 12.6 Å². The molecule has 0 N–H and O–H groups in total. The number of nitrogens with zero attached hydrogens (tertiary/aromatic N) is 3. The van der Waals surface area contributed by atoms with E-state index >= 15 is 0 Å². The fourth-order valence-corrected chi connectivity index (χ4v) is 4.48. The average Bonchev–Trinajstić information content (AvgIpc) is 2.99. The van der Waals surface area contributed by atoms with E-state index in [0.717, 1.165) is 38.2 Å². The summed E-state index contributed by atoms with van der Waals surface area (Å²) >= 11 is 0. The van der Waals surface area contributed by atoms with Crippen LogP contribution in [0.2, 0.25) is 0 Å². The Labute approximate surface area is 146 Å². The summed E-state index contributed by atoms with van der Waals surface area (Å²) in [5.41, 5.74) is 0.923. The van der Waals surface area contributed by atoms with Crippen molar-refractivity contribution in [3.63, 3.8) is 0 Å². The smallest absolute Gasteiger partial charge is 0.401 e. The van der Waals surface area contributed by atoms with Crippen molar-refractivity contribution in [2.75, 3.05) is 37.6 Å². The van der Waals surface area contributed by atoms with Crippen LogP contribution in [0.3, 0.4) is 0 Å². The number of piperidine rings is 3. The van der Waals surface area contributed by atoms with Crippen molar-refractivity contribution >= 4 is 5.69 Å². The first-order valence-electron chi connectivity index (χ1n) is 9.03. The van der Waals surface area contributed by atoms with Gasteiger partial charge in [-0.05, 0) is 44.0 Å². The lowest BCUT2D eigenvalue weighted by Gasteiger charge is -2.50. The number of hydrogen-bond acceptors (Lipinski definition) is 4. The van der Waals surface area contributed by atoms with Crippen LogP contribution in [0.25, 0.3) is 0 Å². The molecule has 0 spiro atoms. The Bertz CT molecular complexity index is 616. The molecule has 0 aromatic heterocycles. The summed E-state index contributed by atoms with van der Waals surface area (Å²) in [6, 6.07) is 7.83. The number of fused-ring (bicyclic) bond motifs is 4. The number of halogens is 3. The van der Waals surface area contributed by atoms with E-state index in [0.29, 0.717) is 11.7 Å². The Morgan fingerprint density at radius 3 is 2.52 bits per heavy atom. The molecule has 0 amide bonds. The van der Waals surface area contributed by atoms with Crippen molar-refractivity contribution in [2.45, 2.75) is 38.3 Å². The normalized spacial score (nSPS) is 31.3. The molecule has 0 radical (unpaired) electrons. The van der Waals surface area contributed by atoms with E-state index in [2.05, 4.69) is 9.80 Å². The maximum atomic E-state index is 13.1. The number of ether oxygens (including phenoxy) is 1. The topological polar surface area (TPSA) is 19.0 Å². The number of hydrogen-bond donors (Lipinski definition) is 0. The van der Waals surface area contributed by atoms with Gasteiger partial charge in [0.25, 0.3) is 0 Å². The zero-order valence-corrected chi connectivity index (χ0v) is 14.4. The van der Waals surface area contributed by atoms with Crippen molar-refractivity contribution in [1.82, 2.24) is 9.80 Å². The van der Waals surface area contributed by atoms with Crippen LogP contribution < -0.4 is 9.64 Å². The fraction of sp³-hybridized carbons (Fsp3) is 0.667. The molecule has 4 aliphatic heterocycles. The van der Waals surface area contributed by atoms with Gasteiger partial charge in [-0.1, -0.05) is 19.1 Å². The van der Waals surface area contributed by atoms with Gasteiger partial charge in [0.1, 0.15) is 5.75 Å². The molecular formula is C18H24F3N3O. The molecule has 2 bridgehead atoms. The van der Waals surface area contributed by atoms with Crippen LogP contribution in [0.1, 0.15) is 19.8 Å². The van der Waals surface area contributed by atoms with Gasteiger partial charge in [0.05, 0.1) is 12.2 Å². The summed E-state index contributed by atoms with van der Waals surface area (Å²) in [7, 11) is 0. The molecule has 1 aromatic carbocycles. The van der Waals surface area contributed by atoms with Gasteiger partial charge in [0.15, 0.2) is 0 Å². The third-order valence-electron chi connectivity index (χ3n) is 5.69. The predicted octanol–water partition coefficient (Wildman–Crippen LogP) is 3.15. The molecule has 4 aliphatic rings. The van der Waals surface area contributed by atoms with Crippen molar-refractivity contribution < 1.29 is 17.9 Å². The highest BCUT2D eigenvalue weighted by molar-refractivity contribution is 5.63. The van der Waals surface area contributed by atoms with Crippen molar-refractivity contribution in [2.24, 2.45) is 5.92 Å². The van der Waals surface area contributed by atoms with Gasteiger partial charge in [0.2, 0.25) is 6.35 Å². The molecule has 2 atom stereocenters. The zero-order valence-electron chi connectivity index (χ0n) is 14.4. The molecule has 4 nitrogen and oxygen atoms in total. The van der Waals surface area contributed by atoms with E-state index in [4.69, 9.17) is 4.74 Å². The minimum Gasteiger partial charge on any atom is -0.455 e. The minimum absolute atomic E-state index is 0.207. The van der Waals surface area contributed by atoms with Crippen LogP contribution in [-0.4, -0.2) is 61.1 Å². The molecule has 0 aliphatic carbocycles. The van der Waals surface area contributed by atoms with Gasteiger partial charge in [0, 0.05) is 19.1 Å². The van der Waals surface area contributed by atoms with Crippen molar-refractivity contribution in [3.05, 3.63) is 24.3 Å². The summed E-state index contributed by atoms with van der Waals surface area (Å²) in [6.45, 7) is 4.19. The van der Waals surface area contributed by atoms with Crippen LogP contribution in [0.15, 0.2) is 24.3 Å². The number of benzene rings is 1. The summed E-state index contributed by atoms with van der Waals surface area (Å²) in [6.07, 6.45) is -2.70. The van der Waals surface area contributed by atoms with Crippen molar-refractivity contribution in [3.8, 4) is 5.75 Å². The van der Waals surface area contributed by atoms with E-state index < -0.39 is 19.1 Å². The van der Waals surface area contributed by atoms with E-state index in [1.54, 1.807) is 6.92 Å². The Balaban J connectivity index is 1.66. The van der Waals surface area contributed by atoms with Gasteiger partial charge >= 0.3 is 6.18 Å². The lowest BCUT2D eigenvalue weighted by molar-refractivity contribution is -0.162. The van der Waals surface area contributed by atoms with E-state index in [9.17, 15) is 13.2 Å². The largest absolute Gasteiger partial charge is 0.455 e. The Morgan fingerprint density at radius 2 is 1.92 bits per heavy atom. The second-order valence-electron chi connectivity index (χ2n) is 7.20. The maximum Gasteiger partial charge on any atom is 0.401 e. The molecule has 5 rings (SSSR count). The van der Waals surface area contributed by atoms with Crippen LogP contribution in [-0.2, 0) is 0 Å². The second kappa shape index (κ2) is 6.36. The lowest BCUT2D eigenvalue weighted by Crippen LogP contribution is -2.63. The standard InChI is InChI=1S/C18H24F3N3O/c1-2-23(12-18(19,20)21)17-24(14-5-3-4-6-16(14)25-17)15-11-22-9-7-13(15)8-10-22/h3-6,13,15,17H,2,7-12H2,1H3/t15?,17-/m0/s1. The number of rotatable bonds is 4. The lowest BCUT2D eigenvalue weighted by atomic mass is 9.83. The molecule has 0 saturated carbocycles. The van der Waals surface area contributed by atoms with Gasteiger partial charge in [-0.2, -0.15) is 13.2 Å². The highest BCUT2D eigenvalue weighted by Crippen LogP contribution is 2.44. The molecule has 1 aromatic rings. The highest BCUT2D eigenvalue weighted by Gasteiger charge is 2.47. The highest BCUT2D eigenvalue weighted by atomic mass is 19.4. The van der Waals surface area contributed by atoms with Crippen molar-refractivity contribution in [1.29, 1.82) is 0 Å². The molecule has 4 heterocycles.